The minimum Gasteiger partial charge on any atom is -0.465 e. The average Bonchev–Trinajstić information content (AvgIpc) is 2.76. The van der Waals surface area contributed by atoms with Crippen molar-refractivity contribution in [2.75, 3.05) is 6.54 Å². The van der Waals surface area contributed by atoms with E-state index < -0.39 is 0 Å². The van der Waals surface area contributed by atoms with Crippen LogP contribution in [0, 0.1) is 6.92 Å². The van der Waals surface area contributed by atoms with Crippen molar-refractivity contribution in [1.29, 1.82) is 0 Å². The summed E-state index contributed by atoms with van der Waals surface area (Å²) in [5.41, 5.74) is 6.57. The van der Waals surface area contributed by atoms with E-state index in [9.17, 15) is 4.79 Å². The third-order valence-electron chi connectivity index (χ3n) is 2.81. The van der Waals surface area contributed by atoms with E-state index >= 15 is 0 Å². The van der Waals surface area contributed by atoms with Crippen molar-refractivity contribution in [2.45, 2.75) is 32.9 Å². The molecule has 1 amide bonds. The standard InChI is InChI=1S/C11H16N2O2/c1-8-9(5-10(6-12)15-8)7-13-4-2-3-11(13)14/h5H,2-4,6-7,12H2,1H3. The molecule has 0 spiro atoms. The summed E-state index contributed by atoms with van der Waals surface area (Å²) in [6.07, 6.45) is 1.65. The number of hydrogen-bond acceptors (Lipinski definition) is 3. The van der Waals surface area contributed by atoms with Crippen molar-refractivity contribution in [3.8, 4) is 0 Å². The molecule has 1 aromatic heterocycles. The van der Waals surface area contributed by atoms with Gasteiger partial charge in [0.15, 0.2) is 0 Å². The summed E-state index contributed by atoms with van der Waals surface area (Å²) in [7, 11) is 0. The number of furan rings is 1. The Bertz CT molecular complexity index is 371. The maximum absolute atomic E-state index is 11.4. The van der Waals surface area contributed by atoms with Crippen molar-refractivity contribution >= 4 is 5.91 Å². The summed E-state index contributed by atoms with van der Waals surface area (Å²) >= 11 is 0. The van der Waals surface area contributed by atoms with Gasteiger partial charge in [0.25, 0.3) is 0 Å². The lowest BCUT2D eigenvalue weighted by molar-refractivity contribution is -0.128. The maximum Gasteiger partial charge on any atom is 0.222 e. The monoisotopic (exact) mass is 208 g/mol. The molecule has 0 aliphatic carbocycles. The van der Waals surface area contributed by atoms with Crippen molar-refractivity contribution in [1.82, 2.24) is 4.90 Å². The number of hydrogen-bond donors (Lipinski definition) is 1. The predicted molar refractivity (Wildman–Crippen MR) is 56.0 cm³/mol. The van der Waals surface area contributed by atoms with E-state index in [1.165, 1.54) is 0 Å². The molecule has 0 radical (unpaired) electrons. The summed E-state index contributed by atoms with van der Waals surface area (Å²) in [5, 5.41) is 0. The first-order valence-corrected chi connectivity index (χ1v) is 5.26. The number of carbonyl (C=O) groups excluding carboxylic acids is 1. The maximum atomic E-state index is 11.4. The fourth-order valence-electron chi connectivity index (χ4n) is 1.92. The fraction of sp³-hybridized carbons (Fsp3) is 0.545. The first-order chi connectivity index (χ1) is 7.20. The quantitative estimate of drug-likeness (QED) is 0.811. The van der Waals surface area contributed by atoms with E-state index in [0.29, 0.717) is 19.5 Å². The lowest BCUT2D eigenvalue weighted by Gasteiger charge is -2.14. The second-order valence-electron chi connectivity index (χ2n) is 3.92. The summed E-state index contributed by atoms with van der Waals surface area (Å²) in [6, 6.07) is 1.95. The van der Waals surface area contributed by atoms with Crippen molar-refractivity contribution in [3.63, 3.8) is 0 Å². The number of carbonyl (C=O) groups is 1. The van der Waals surface area contributed by atoms with Crippen LogP contribution in [-0.4, -0.2) is 17.4 Å². The van der Waals surface area contributed by atoms with Crippen molar-refractivity contribution in [2.24, 2.45) is 5.73 Å². The van der Waals surface area contributed by atoms with Crippen LogP contribution in [0.5, 0.6) is 0 Å². The number of amides is 1. The van der Waals surface area contributed by atoms with Crippen LogP contribution < -0.4 is 5.73 Å². The Balaban J connectivity index is 2.09. The van der Waals surface area contributed by atoms with Gasteiger partial charge in [-0.05, 0) is 19.4 Å². The molecule has 1 aliphatic heterocycles. The highest BCUT2D eigenvalue weighted by molar-refractivity contribution is 5.78. The second kappa shape index (κ2) is 4.06. The number of likely N-dealkylation sites (tertiary alicyclic amines) is 1. The van der Waals surface area contributed by atoms with E-state index in [4.69, 9.17) is 10.2 Å². The van der Waals surface area contributed by atoms with Gasteiger partial charge >= 0.3 is 0 Å². The first kappa shape index (κ1) is 10.2. The lowest BCUT2D eigenvalue weighted by Crippen LogP contribution is -2.23. The highest BCUT2D eigenvalue weighted by atomic mass is 16.3. The minimum atomic E-state index is 0.241. The summed E-state index contributed by atoms with van der Waals surface area (Å²) in [5.74, 6) is 1.90. The number of aryl methyl sites for hydroxylation is 1. The van der Waals surface area contributed by atoms with Crippen LogP contribution in [0.2, 0.25) is 0 Å². The fourth-order valence-corrected chi connectivity index (χ4v) is 1.92. The molecule has 0 saturated carbocycles. The van der Waals surface area contributed by atoms with Gasteiger partial charge in [0.05, 0.1) is 6.54 Å². The largest absolute Gasteiger partial charge is 0.465 e. The van der Waals surface area contributed by atoms with Crippen molar-refractivity contribution < 1.29 is 9.21 Å². The zero-order valence-corrected chi connectivity index (χ0v) is 8.95. The van der Waals surface area contributed by atoms with Gasteiger partial charge in [-0.15, -0.1) is 0 Å². The van der Waals surface area contributed by atoms with E-state index in [1.54, 1.807) is 0 Å². The van der Waals surface area contributed by atoms with Gasteiger partial charge in [-0.25, -0.2) is 0 Å². The Morgan fingerprint density at radius 1 is 1.60 bits per heavy atom. The average molecular weight is 208 g/mol. The molecule has 0 unspecified atom stereocenters. The first-order valence-electron chi connectivity index (χ1n) is 5.26. The smallest absolute Gasteiger partial charge is 0.222 e. The van der Waals surface area contributed by atoms with Crippen LogP contribution in [-0.2, 0) is 17.9 Å². The molecular formula is C11H16N2O2. The van der Waals surface area contributed by atoms with E-state index in [2.05, 4.69) is 0 Å². The highest BCUT2D eigenvalue weighted by Crippen LogP contribution is 2.19. The third kappa shape index (κ3) is 2.04. The lowest BCUT2D eigenvalue weighted by atomic mass is 10.2. The minimum absolute atomic E-state index is 0.241. The molecule has 2 N–H and O–H groups in total. The molecule has 0 aromatic carbocycles. The Hall–Kier alpha value is -1.29. The van der Waals surface area contributed by atoms with Crippen molar-refractivity contribution in [3.05, 3.63) is 23.2 Å². The van der Waals surface area contributed by atoms with Crippen LogP contribution in [0.15, 0.2) is 10.5 Å². The third-order valence-corrected chi connectivity index (χ3v) is 2.81. The molecule has 1 aromatic rings. The second-order valence-corrected chi connectivity index (χ2v) is 3.92. The van der Waals surface area contributed by atoms with Crippen LogP contribution in [0.25, 0.3) is 0 Å². The number of rotatable bonds is 3. The molecule has 2 rings (SSSR count). The molecular weight excluding hydrogens is 192 g/mol. The SMILES string of the molecule is Cc1oc(CN)cc1CN1CCCC1=O. The predicted octanol–water partition coefficient (Wildman–Crippen LogP) is 1.17. The van der Waals surface area contributed by atoms with E-state index in [-0.39, 0.29) is 5.91 Å². The Kier molecular flexibility index (Phi) is 2.77. The van der Waals surface area contributed by atoms with Crippen LogP contribution in [0.1, 0.15) is 29.9 Å². The summed E-state index contributed by atoms with van der Waals surface area (Å²) < 4.78 is 5.45. The molecule has 1 saturated heterocycles. The molecule has 1 fully saturated rings. The molecule has 0 atom stereocenters. The molecule has 1 aliphatic rings. The molecule has 0 bridgehead atoms. The van der Waals surface area contributed by atoms with Gasteiger partial charge in [0.1, 0.15) is 11.5 Å². The van der Waals surface area contributed by atoms with E-state index in [0.717, 1.165) is 30.0 Å². The number of nitrogens with zero attached hydrogens (tertiary/aromatic N) is 1. The van der Waals surface area contributed by atoms with Gasteiger partial charge < -0.3 is 15.1 Å². The van der Waals surface area contributed by atoms with E-state index in [1.807, 2.05) is 17.9 Å². The number of nitrogens with two attached hydrogens (primary N) is 1. The molecule has 82 valence electrons. The zero-order valence-electron chi connectivity index (χ0n) is 8.95. The summed E-state index contributed by atoms with van der Waals surface area (Å²) in [4.78, 5) is 13.3. The Morgan fingerprint density at radius 3 is 2.93 bits per heavy atom. The normalized spacial score (nSPS) is 16.4. The Morgan fingerprint density at radius 2 is 2.40 bits per heavy atom. The van der Waals surface area contributed by atoms with Gasteiger partial charge in [-0.1, -0.05) is 0 Å². The van der Waals surface area contributed by atoms with Crippen LogP contribution in [0.4, 0.5) is 0 Å². The van der Waals surface area contributed by atoms with Gasteiger partial charge in [-0.2, -0.15) is 0 Å². The topological polar surface area (TPSA) is 59.5 Å². The van der Waals surface area contributed by atoms with Gasteiger partial charge in [0.2, 0.25) is 5.91 Å². The summed E-state index contributed by atoms with van der Waals surface area (Å²) in [6.45, 7) is 3.85. The molecule has 4 heteroatoms. The van der Waals surface area contributed by atoms with Crippen LogP contribution >= 0.6 is 0 Å². The molecule has 4 nitrogen and oxygen atoms in total. The van der Waals surface area contributed by atoms with Crippen LogP contribution in [0.3, 0.4) is 0 Å². The molecule has 15 heavy (non-hydrogen) atoms. The van der Waals surface area contributed by atoms with Gasteiger partial charge in [-0.3, -0.25) is 4.79 Å². The Labute approximate surface area is 89.0 Å². The highest BCUT2D eigenvalue weighted by Gasteiger charge is 2.21. The zero-order chi connectivity index (χ0) is 10.8. The van der Waals surface area contributed by atoms with Gasteiger partial charge in [0, 0.05) is 25.1 Å². The molecule has 2 heterocycles.